The van der Waals surface area contributed by atoms with Gasteiger partial charge in [-0.15, -0.1) is 0 Å². The fraction of sp³-hybridized carbons (Fsp3) is 0.600. The van der Waals surface area contributed by atoms with Gasteiger partial charge in [-0.25, -0.2) is 4.79 Å². The Kier molecular flexibility index (Phi) is 2.99. The number of rotatable bonds is 3. The number of carbonyl (C=O) groups excluding carboxylic acids is 1. The van der Waals surface area contributed by atoms with Crippen molar-refractivity contribution in [3.05, 3.63) is 16.0 Å². The molecule has 0 N–H and O–H groups in total. The number of halogens is 1. The molecule has 1 aromatic rings. The lowest BCUT2D eigenvalue weighted by molar-refractivity contribution is -0.160. The van der Waals surface area contributed by atoms with E-state index < -0.39 is 5.54 Å². The van der Waals surface area contributed by atoms with Crippen molar-refractivity contribution in [2.24, 2.45) is 0 Å². The fourth-order valence-corrected chi connectivity index (χ4v) is 2.23. The number of hydrogen-bond donors (Lipinski definition) is 0. The Morgan fingerprint density at radius 1 is 1.73 bits per heavy atom. The molecule has 0 radical (unpaired) electrons. The summed E-state index contributed by atoms with van der Waals surface area (Å²) in [5.74, 6) is -0.143. The lowest BCUT2D eigenvalue weighted by Crippen LogP contribution is -2.49. The molecule has 4 nitrogen and oxygen atoms in total. The first-order valence-electron chi connectivity index (χ1n) is 5.07. The van der Waals surface area contributed by atoms with Crippen molar-refractivity contribution in [3.63, 3.8) is 0 Å². The second-order valence-electron chi connectivity index (χ2n) is 3.71. The Labute approximate surface area is 102 Å². The van der Waals surface area contributed by atoms with Crippen molar-refractivity contribution >= 4 is 28.6 Å². The maximum absolute atomic E-state index is 11.9. The van der Waals surface area contributed by atoms with Crippen LogP contribution in [0.1, 0.15) is 26.2 Å². The van der Waals surface area contributed by atoms with Crippen LogP contribution in [0.4, 0.5) is 0 Å². The summed E-state index contributed by atoms with van der Waals surface area (Å²) < 4.78 is 7.92. The predicted molar refractivity (Wildman–Crippen MR) is 63.4 cm³/mol. The van der Waals surface area contributed by atoms with Gasteiger partial charge >= 0.3 is 5.97 Å². The van der Waals surface area contributed by atoms with Gasteiger partial charge in [0.25, 0.3) is 0 Å². The molecule has 1 heterocycles. The quantitative estimate of drug-likeness (QED) is 0.631. The van der Waals surface area contributed by atoms with Gasteiger partial charge in [0, 0.05) is 6.20 Å². The van der Waals surface area contributed by atoms with Crippen LogP contribution in [-0.2, 0) is 15.1 Å². The van der Waals surface area contributed by atoms with Crippen LogP contribution in [0.3, 0.4) is 0 Å². The molecule has 0 unspecified atom stereocenters. The largest absolute Gasteiger partial charge is 0.464 e. The van der Waals surface area contributed by atoms with E-state index in [4.69, 9.17) is 4.74 Å². The number of nitrogens with zero attached hydrogens (tertiary/aromatic N) is 2. The van der Waals surface area contributed by atoms with Crippen LogP contribution >= 0.6 is 22.6 Å². The average molecular weight is 320 g/mol. The maximum Gasteiger partial charge on any atom is 0.334 e. The summed E-state index contributed by atoms with van der Waals surface area (Å²) >= 11 is 2.19. The molecule has 0 atom stereocenters. The predicted octanol–water partition coefficient (Wildman–Crippen LogP) is 1.93. The van der Waals surface area contributed by atoms with E-state index in [2.05, 4.69) is 27.7 Å². The molecule has 1 saturated carbocycles. The van der Waals surface area contributed by atoms with Crippen molar-refractivity contribution in [3.8, 4) is 0 Å². The average Bonchev–Trinajstić information content (AvgIpc) is 2.51. The van der Waals surface area contributed by atoms with Gasteiger partial charge in [-0.3, -0.25) is 4.68 Å². The number of ether oxygens (including phenoxy) is 1. The van der Waals surface area contributed by atoms with Gasteiger partial charge in [-0.1, -0.05) is 0 Å². The zero-order chi connectivity index (χ0) is 10.9. The third kappa shape index (κ3) is 1.77. The topological polar surface area (TPSA) is 44.1 Å². The van der Waals surface area contributed by atoms with Gasteiger partial charge in [0.1, 0.15) is 0 Å². The third-order valence-corrected chi connectivity index (χ3v) is 3.38. The van der Waals surface area contributed by atoms with Gasteiger partial charge < -0.3 is 4.74 Å². The Hall–Kier alpha value is -0.590. The van der Waals surface area contributed by atoms with E-state index in [1.165, 1.54) is 0 Å². The Balaban J connectivity index is 2.25. The molecule has 0 spiro atoms. The van der Waals surface area contributed by atoms with Gasteiger partial charge in [-0.2, -0.15) is 5.10 Å². The Bertz CT molecular complexity index is 371. The molecule has 1 fully saturated rings. The molecule has 82 valence electrons. The van der Waals surface area contributed by atoms with Gasteiger partial charge in [0.05, 0.1) is 16.4 Å². The molecule has 0 saturated heterocycles. The molecule has 1 aromatic heterocycles. The summed E-state index contributed by atoms with van der Waals surface area (Å²) in [5, 5.41) is 4.22. The van der Waals surface area contributed by atoms with Crippen LogP contribution in [0.5, 0.6) is 0 Å². The van der Waals surface area contributed by atoms with E-state index in [-0.39, 0.29) is 5.97 Å². The molecular weight excluding hydrogens is 307 g/mol. The minimum atomic E-state index is -0.514. The standard InChI is InChI=1S/C10H13IN2O2/c1-2-15-9(14)10(4-3-5-10)13-7-8(11)6-12-13/h6-7H,2-5H2,1H3. The van der Waals surface area contributed by atoms with Gasteiger partial charge in [0.15, 0.2) is 5.54 Å². The van der Waals surface area contributed by atoms with Crippen molar-refractivity contribution in [2.75, 3.05) is 6.61 Å². The molecule has 5 heteroatoms. The highest BCUT2D eigenvalue weighted by atomic mass is 127. The van der Waals surface area contributed by atoms with Crippen LogP contribution in [0.25, 0.3) is 0 Å². The van der Waals surface area contributed by atoms with E-state index in [0.29, 0.717) is 6.61 Å². The van der Waals surface area contributed by atoms with Crippen LogP contribution in [0.2, 0.25) is 0 Å². The zero-order valence-electron chi connectivity index (χ0n) is 8.57. The summed E-state index contributed by atoms with van der Waals surface area (Å²) in [6.45, 7) is 2.26. The highest BCUT2D eigenvalue weighted by molar-refractivity contribution is 14.1. The lowest BCUT2D eigenvalue weighted by atomic mass is 9.77. The first kappa shape index (κ1) is 10.9. The van der Waals surface area contributed by atoms with E-state index in [9.17, 15) is 4.79 Å². The Morgan fingerprint density at radius 3 is 2.87 bits per heavy atom. The molecule has 0 bridgehead atoms. The molecule has 0 aliphatic heterocycles. The molecule has 1 aliphatic rings. The second-order valence-corrected chi connectivity index (χ2v) is 4.95. The van der Waals surface area contributed by atoms with Crippen molar-refractivity contribution in [1.29, 1.82) is 0 Å². The second kappa shape index (κ2) is 4.11. The van der Waals surface area contributed by atoms with Crippen LogP contribution < -0.4 is 0 Å². The third-order valence-electron chi connectivity index (χ3n) is 2.83. The molecule has 0 amide bonds. The maximum atomic E-state index is 11.9. The Morgan fingerprint density at radius 2 is 2.47 bits per heavy atom. The molecular formula is C10H13IN2O2. The monoisotopic (exact) mass is 320 g/mol. The highest BCUT2D eigenvalue weighted by Gasteiger charge is 2.48. The molecule has 15 heavy (non-hydrogen) atoms. The number of esters is 1. The van der Waals surface area contributed by atoms with Crippen molar-refractivity contribution in [2.45, 2.75) is 31.7 Å². The summed E-state index contributed by atoms with van der Waals surface area (Å²) in [7, 11) is 0. The molecule has 0 aromatic carbocycles. The number of aromatic nitrogens is 2. The first-order valence-corrected chi connectivity index (χ1v) is 6.15. The van der Waals surface area contributed by atoms with E-state index in [1.807, 2.05) is 13.1 Å². The van der Waals surface area contributed by atoms with Gasteiger partial charge in [-0.05, 0) is 48.8 Å². The van der Waals surface area contributed by atoms with Crippen LogP contribution in [0, 0.1) is 3.57 Å². The number of hydrogen-bond acceptors (Lipinski definition) is 3. The van der Waals surface area contributed by atoms with Crippen LogP contribution in [0.15, 0.2) is 12.4 Å². The molecule has 2 rings (SSSR count). The summed E-state index contributed by atoms with van der Waals surface area (Å²) in [4.78, 5) is 11.9. The van der Waals surface area contributed by atoms with Crippen molar-refractivity contribution in [1.82, 2.24) is 9.78 Å². The summed E-state index contributed by atoms with van der Waals surface area (Å²) in [6.07, 6.45) is 6.40. The van der Waals surface area contributed by atoms with Gasteiger partial charge in [0.2, 0.25) is 0 Å². The highest BCUT2D eigenvalue weighted by Crippen LogP contribution is 2.40. The molecule has 1 aliphatic carbocycles. The zero-order valence-corrected chi connectivity index (χ0v) is 10.7. The smallest absolute Gasteiger partial charge is 0.334 e. The summed E-state index contributed by atoms with van der Waals surface area (Å²) in [6, 6.07) is 0. The fourth-order valence-electron chi connectivity index (χ4n) is 1.84. The number of carbonyl (C=O) groups is 1. The SMILES string of the molecule is CCOC(=O)C1(n2cc(I)cn2)CCC1. The normalized spacial score (nSPS) is 18.3. The minimum absolute atomic E-state index is 0.143. The van der Waals surface area contributed by atoms with E-state index in [0.717, 1.165) is 22.8 Å². The lowest BCUT2D eigenvalue weighted by Gasteiger charge is -2.39. The minimum Gasteiger partial charge on any atom is -0.464 e. The first-order chi connectivity index (χ1) is 7.19. The van der Waals surface area contributed by atoms with Crippen LogP contribution in [-0.4, -0.2) is 22.4 Å². The summed E-state index contributed by atoms with van der Waals surface area (Å²) in [5.41, 5.74) is -0.514. The van der Waals surface area contributed by atoms with E-state index >= 15 is 0 Å². The van der Waals surface area contributed by atoms with E-state index in [1.54, 1.807) is 10.9 Å². The van der Waals surface area contributed by atoms with Crippen molar-refractivity contribution < 1.29 is 9.53 Å².